The number of anilines is 1. The molecule has 0 aliphatic rings. The maximum absolute atomic E-state index is 11.8. The lowest BCUT2D eigenvalue weighted by Gasteiger charge is -2.13. The Morgan fingerprint density at radius 1 is 1.41 bits per heavy atom. The van der Waals surface area contributed by atoms with Crippen LogP contribution >= 0.6 is 22.6 Å². The fourth-order valence-corrected chi connectivity index (χ4v) is 2.79. The number of nitrogens with one attached hydrogen (secondary N) is 1. The zero-order chi connectivity index (χ0) is 13.1. The lowest BCUT2D eigenvalue weighted by molar-refractivity contribution is -0.139. The topological polar surface area (TPSA) is 72.5 Å². The van der Waals surface area contributed by atoms with E-state index in [0.717, 1.165) is 10.7 Å². The first kappa shape index (κ1) is 14.2. The summed E-state index contributed by atoms with van der Waals surface area (Å²) in [7, 11) is -2.62. The summed E-state index contributed by atoms with van der Waals surface area (Å²) in [5.74, 6) is -0.788. The molecule has 0 saturated carbocycles. The highest BCUT2D eigenvalue weighted by atomic mass is 127. The highest BCUT2D eigenvalue weighted by Crippen LogP contribution is 2.19. The van der Waals surface area contributed by atoms with Gasteiger partial charge in [0.1, 0.15) is 0 Å². The van der Waals surface area contributed by atoms with E-state index in [0.29, 0.717) is 5.69 Å². The molecule has 1 N–H and O–H groups in total. The van der Waals surface area contributed by atoms with Gasteiger partial charge in [-0.2, -0.15) is 0 Å². The molecule has 94 valence electrons. The number of esters is 1. The van der Waals surface area contributed by atoms with Crippen LogP contribution in [-0.2, 0) is 19.6 Å². The summed E-state index contributed by atoms with van der Waals surface area (Å²) in [6, 6.07) is 6.90. The number of rotatable bonds is 4. The standard InChI is InChI=1S/C10H12INO4S/c1-7(10(13)16-2)17(14,15)12-9-6-4-3-5-8(9)11/h3-7,12H,1-2H3. The Bertz CT molecular complexity index is 515. The van der Waals surface area contributed by atoms with Crippen molar-refractivity contribution in [2.24, 2.45) is 0 Å². The first-order chi connectivity index (χ1) is 7.88. The molecule has 0 spiro atoms. The van der Waals surface area contributed by atoms with Crippen molar-refractivity contribution >= 4 is 44.3 Å². The van der Waals surface area contributed by atoms with E-state index in [1.807, 2.05) is 22.6 Å². The molecule has 0 aromatic heterocycles. The van der Waals surface area contributed by atoms with Crippen LogP contribution in [0.3, 0.4) is 0 Å². The third-order valence-electron chi connectivity index (χ3n) is 2.12. The number of hydrogen-bond donors (Lipinski definition) is 1. The molecule has 17 heavy (non-hydrogen) atoms. The first-order valence-electron chi connectivity index (χ1n) is 4.72. The van der Waals surface area contributed by atoms with E-state index in [-0.39, 0.29) is 0 Å². The van der Waals surface area contributed by atoms with E-state index < -0.39 is 21.2 Å². The Balaban J connectivity index is 2.95. The van der Waals surface area contributed by atoms with Gasteiger partial charge in [-0.3, -0.25) is 9.52 Å². The fourth-order valence-electron chi connectivity index (χ4n) is 1.08. The minimum absolute atomic E-state index is 0.448. The summed E-state index contributed by atoms with van der Waals surface area (Å²) >= 11 is 2.01. The Labute approximate surface area is 114 Å². The summed E-state index contributed by atoms with van der Waals surface area (Å²) in [5.41, 5.74) is 0.448. The van der Waals surface area contributed by atoms with Crippen molar-refractivity contribution in [2.45, 2.75) is 12.2 Å². The van der Waals surface area contributed by atoms with Crippen LogP contribution < -0.4 is 4.72 Å². The minimum Gasteiger partial charge on any atom is -0.468 e. The van der Waals surface area contributed by atoms with Crippen molar-refractivity contribution in [3.63, 3.8) is 0 Å². The minimum atomic E-state index is -3.78. The van der Waals surface area contributed by atoms with E-state index >= 15 is 0 Å². The maximum atomic E-state index is 11.8. The van der Waals surface area contributed by atoms with Crippen LogP contribution in [0.4, 0.5) is 5.69 Å². The molecule has 5 nitrogen and oxygen atoms in total. The van der Waals surface area contributed by atoms with Crippen molar-refractivity contribution < 1.29 is 17.9 Å². The predicted octanol–water partition coefficient (Wildman–Crippen LogP) is 1.59. The summed E-state index contributed by atoms with van der Waals surface area (Å²) in [6.45, 7) is 1.28. The average molecular weight is 369 g/mol. The van der Waals surface area contributed by atoms with Gasteiger partial charge in [-0.1, -0.05) is 12.1 Å². The lowest BCUT2D eigenvalue weighted by Crippen LogP contribution is -2.33. The predicted molar refractivity (Wildman–Crippen MR) is 73.2 cm³/mol. The molecular formula is C10H12INO4S. The molecule has 0 amide bonds. The van der Waals surface area contributed by atoms with Crippen molar-refractivity contribution in [3.8, 4) is 0 Å². The highest BCUT2D eigenvalue weighted by Gasteiger charge is 2.29. The van der Waals surface area contributed by atoms with Gasteiger partial charge in [0.15, 0.2) is 5.25 Å². The van der Waals surface area contributed by atoms with Crippen LogP contribution in [0.15, 0.2) is 24.3 Å². The van der Waals surface area contributed by atoms with Crippen LogP contribution in [0.5, 0.6) is 0 Å². The second-order valence-electron chi connectivity index (χ2n) is 3.29. The zero-order valence-corrected chi connectivity index (χ0v) is 12.3. The number of ether oxygens (including phenoxy) is 1. The van der Waals surface area contributed by atoms with Gasteiger partial charge in [-0.15, -0.1) is 0 Å². The molecule has 0 fully saturated rings. The van der Waals surface area contributed by atoms with Crippen molar-refractivity contribution in [3.05, 3.63) is 27.8 Å². The van der Waals surface area contributed by atoms with Crippen molar-refractivity contribution in [2.75, 3.05) is 11.8 Å². The molecule has 0 radical (unpaired) electrons. The van der Waals surface area contributed by atoms with E-state index in [4.69, 9.17) is 0 Å². The third-order valence-corrected chi connectivity index (χ3v) is 4.69. The summed E-state index contributed by atoms with van der Waals surface area (Å²) in [4.78, 5) is 11.2. The molecule has 0 heterocycles. The molecule has 0 aliphatic heterocycles. The molecule has 7 heteroatoms. The van der Waals surface area contributed by atoms with E-state index in [1.165, 1.54) is 6.92 Å². The Morgan fingerprint density at radius 3 is 2.53 bits per heavy atom. The quantitative estimate of drug-likeness (QED) is 0.647. The number of halogens is 1. The second kappa shape index (κ2) is 5.67. The Morgan fingerprint density at radius 2 is 2.00 bits per heavy atom. The zero-order valence-electron chi connectivity index (χ0n) is 9.31. The number of carbonyl (C=O) groups excluding carboxylic acids is 1. The van der Waals surface area contributed by atoms with Crippen LogP contribution in [-0.4, -0.2) is 26.7 Å². The molecule has 0 aliphatic carbocycles. The second-order valence-corrected chi connectivity index (χ2v) is 6.46. The monoisotopic (exact) mass is 369 g/mol. The van der Waals surface area contributed by atoms with E-state index in [2.05, 4.69) is 9.46 Å². The number of benzene rings is 1. The van der Waals surface area contributed by atoms with Gasteiger partial charge in [0.25, 0.3) is 0 Å². The lowest BCUT2D eigenvalue weighted by atomic mass is 10.3. The van der Waals surface area contributed by atoms with Crippen LogP contribution in [0.2, 0.25) is 0 Å². The SMILES string of the molecule is COC(=O)C(C)S(=O)(=O)Nc1ccccc1I. The normalized spacial score (nSPS) is 12.9. The van der Waals surface area contributed by atoms with Crippen molar-refractivity contribution in [1.82, 2.24) is 0 Å². The Kier molecular flexibility index (Phi) is 4.75. The number of carbonyl (C=O) groups is 1. The highest BCUT2D eigenvalue weighted by molar-refractivity contribution is 14.1. The largest absolute Gasteiger partial charge is 0.468 e. The van der Waals surface area contributed by atoms with Gasteiger partial charge in [0, 0.05) is 3.57 Å². The Hall–Kier alpha value is -0.830. The van der Waals surface area contributed by atoms with E-state index in [9.17, 15) is 13.2 Å². The molecule has 1 unspecified atom stereocenters. The summed E-state index contributed by atoms with van der Waals surface area (Å²) in [5, 5.41) is -1.25. The molecule has 1 aromatic rings. The molecule has 1 aromatic carbocycles. The van der Waals surface area contributed by atoms with Crippen LogP contribution in [0.25, 0.3) is 0 Å². The smallest absolute Gasteiger partial charge is 0.325 e. The number of sulfonamides is 1. The van der Waals surface area contributed by atoms with E-state index in [1.54, 1.807) is 24.3 Å². The van der Waals surface area contributed by atoms with Gasteiger partial charge >= 0.3 is 5.97 Å². The average Bonchev–Trinajstić information content (AvgIpc) is 2.30. The van der Waals surface area contributed by atoms with Gasteiger partial charge in [0.05, 0.1) is 12.8 Å². The molecule has 0 bridgehead atoms. The van der Waals surface area contributed by atoms with Gasteiger partial charge in [-0.25, -0.2) is 8.42 Å². The van der Waals surface area contributed by atoms with Gasteiger partial charge in [0.2, 0.25) is 10.0 Å². The summed E-state index contributed by atoms with van der Waals surface area (Å²) < 4.78 is 31.2. The van der Waals surface area contributed by atoms with Gasteiger partial charge < -0.3 is 4.74 Å². The van der Waals surface area contributed by atoms with Crippen LogP contribution in [0, 0.1) is 3.57 Å². The molecule has 1 rings (SSSR count). The van der Waals surface area contributed by atoms with Crippen LogP contribution in [0.1, 0.15) is 6.92 Å². The van der Waals surface area contributed by atoms with Gasteiger partial charge in [-0.05, 0) is 41.6 Å². The maximum Gasteiger partial charge on any atom is 0.325 e. The molecular weight excluding hydrogens is 357 g/mol. The fraction of sp³-hybridized carbons (Fsp3) is 0.300. The number of para-hydroxylation sites is 1. The number of hydrogen-bond acceptors (Lipinski definition) is 4. The first-order valence-corrected chi connectivity index (χ1v) is 7.35. The molecule has 0 saturated heterocycles. The summed E-state index contributed by atoms with van der Waals surface area (Å²) in [6.07, 6.45) is 0. The number of methoxy groups -OCH3 is 1. The third kappa shape index (κ3) is 3.56. The molecule has 1 atom stereocenters. The van der Waals surface area contributed by atoms with Crippen molar-refractivity contribution in [1.29, 1.82) is 0 Å².